The maximum Gasteiger partial charge on any atom is 0.251 e. The number of nitrogens with zero attached hydrogens (tertiary/aromatic N) is 1. The van der Waals surface area contributed by atoms with Gasteiger partial charge in [-0.25, -0.2) is 0 Å². The highest BCUT2D eigenvalue weighted by Crippen LogP contribution is 2.23. The Morgan fingerprint density at radius 2 is 2.06 bits per heavy atom. The van der Waals surface area contributed by atoms with Crippen LogP contribution in [0.2, 0.25) is 0 Å². The van der Waals surface area contributed by atoms with E-state index in [9.17, 15) is 4.79 Å². The third-order valence-corrected chi connectivity index (χ3v) is 3.38. The highest BCUT2D eigenvalue weighted by atomic mass is 35.5. The Kier molecular flexibility index (Phi) is 9.42. The van der Waals surface area contributed by atoms with E-state index in [4.69, 9.17) is 4.74 Å². The molecule has 0 aromatic carbocycles. The van der Waals surface area contributed by atoms with Crippen molar-refractivity contribution in [1.82, 2.24) is 10.2 Å². The number of carbonyl (C=O) groups excluding carboxylic acids is 1. The number of likely N-dealkylation sites (N-methyl/N-ethyl adjacent to an activating group) is 2. The van der Waals surface area contributed by atoms with Crippen molar-refractivity contribution >= 4 is 18.3 Å². The Balaban J connectivity index is 0.00000289. The van der Waals surface area contributed by atoms with Crippen LogP contribution in [0.4, 0.5) is 0 Å². The lowest BCUT2D eigenvalue weighted by Gasteiger charge is -2.25. The number of hydrogen-bond acceptors (Lipinski definition) is 3. The van der Waals surface area contributed by atoms with Gasteiger partial charge in [0.25, 0.3) is 5.91 Å². The maximum atomic E-state index is 12.1. The summed E-state index contributed by atoms with van der Waals surface area (Å²) in [5.74, 6) is 0.120. The number of halogens is 1. The van der Waals surface area contributed by atoms with Gasteiger partial charge in [0.2, 0.25) is 0 Å². The van der Waals surface area contributed by atoms with Crippen LogP contribution in [0, 0.1) is 0 Å². The van der Waals surface area contributed by atoms with Crippen molar-refractivity contribution < 1.29 is 9.53 Å². The predicted octanol–water partition coefficient (Wildman–Crippen LogP) is 1.82. The van der Waals surface area contributed by atoms with Crippen LogP contribution in [0.5, 0.6) is 0 Å². The fourth-order valence-electron chi connectivity index (χ4n) is 2.22. The summed E-state index contributed by atoms with van der Waals surface area (Å²) in [6.45, 7) is 3.57. The van der Waals surface area contributed by atoms with Crippen molar-refractivity contribution in [2.45, 2.75) is 51.2 Å². The Morgan fingerprint density at radius 3 is 2.56 bits per heavy atom. The van der Waals surface area contributed by atoms with Crippen LogP contribution in [-0.2, 0) is 9.53 Å². The van der Waals surface area contributed by atoms with Crippen LogP contribution in [0.3, 0.4) is 0 Å². The van der Waals surface area contributed by atoms with E-state index < -0.39 is 0 Å². The quantitative estimate of drug-likeness (QED) is 0.772. The topological polar surface area (TPSA) is 41.6 Å². The molecule has 1 aliphatic carbocycles. The van der Waals surface area contributed by atoms with E-state index in [0.717, 1.165) is 32.4 Å². The summed E-state index contributed by atoms with van der Waals surface area (Å²) < 4.78 is 5.91. The van der Waals surface area contributed by atoms with E-state index in [2.05, 4.69) is 5.32 Å². The van der Waals surface area contributed by atoms with Crippen molar-refractivity contribution in [3.63, 3.8) is 0 Å². The van der Waals surface area contributed by atoms with Gasteiger partial charge in [0.05, 0.1) is 6.10 Å². The fraction of sp³-hybridized carbons (Fsp3) is 0.923. The van der Waals surface area contributed by atoms with Gasteiger partial charge in [0, 0.05) is 20.1 Å². The SMILES string of the molecule is CCC(OC1CCCC1)C(=O)N(C)CCNC.Cl. The standard InChI is InChI=1S/C13H26N2O2.ClH/c1-4-12(17-11-7-5-6-8-11)13(16)15(3)10-9-14-2;/h11-12,14H,4-10H2,1-3H3;1H. The molecule has 1 atom stereocenters. The molecule has 0 spiro atoms. The zero-order chi connectivity index (χ0) is 12.7. The molecule has 1 rings (SSSR count). The molecule has 0 aromatic heterocycles. The summed E-state index contributed by atoms with van der Waals surface area (Å²) in [5.41, 5.74) is 0. The molecule has 5 heteroatoms. The van der Waals surface area contributed by atoms with Crippen LogP contribution in [0.1, 0.15) is 39.0 Å². The van der Waals surface area contributed by atoms with Crippen molar-refractivity contribution in [2.24, 2.45) is 0 Å². The van der Waals surface area contributed by atoms with Gasteiger partial charge in [-0.1, -0.05) is 19.8 Å². The van der Waals surface area contributed by atoms with Gasteiger partial charge in [-0.3, -0.25) is 4.79 Å². The van der Waals surface area contributed by atoms with Gasteiger partial charge in [0.1, 0.15) is 6.10 Å². The molecule has 0 aromatic rings. The second-order valence-electron chi connectivity index (χ2n) is 4.80. The number of carbonyl (C=O) groups is 1. The maximum absolute atomic E-state index is 12.1. The van der Waals surface area contributed by atoms with E-state index >= 15 is 0 Å². The van der Waals surface area contributed by atoms with Crippen molar-refractivity contribution in [1.29, 1.82) is 0 Å². The molecule has 108 valence electrons. The van der Waals surface area contributed by atoms with Crippen LogP contribution in [-0.4, -0.2) is 50.2 Å². The predicted molar refractivity (Wildman–Crippen MR) is 76.2 cm³/mol. The van der Waals surface area contributed by atoms with E-state index in [0.29, 0.717) is 6.10 Å². The molecule has 0 heterocycles. The lowest BCUT2D eigenvalue weighted by atomic mass is 10.2. The molecule has 0 aliphatic heterocycles. The van der Waals surface area contributed by atoms with Crippen LogP contribution < -0.4 is 5.32 Å². The zero-order valence-electron chi connectivity index (χ0n) is 11.8. The number of nitrogens with one attached hydrogen (secondary N) is 1. The minimum absolute atomic E-state index is 0. The summed E-state index contributed by atoms with van der Waals surface area (Å²) in [6, 6.07) is 0. The molecule has 1 saturated carbocycles. The van der Waals surface area contributed by atoms with Gasteiger partial charge in [-0.2, -0.15) is 0 Å². The first-order valence-electron chi connectivity index (χ1n) is 6.74. The third-order valence-electron chi connectivity index (χ3n) is 3.38. The van der Waals surface area contributed by atoms with E-state index in [1.807, 2.05) is 21.0 Å². The van der Waals surface area contributed by atoms with Crippen LogP contribution in [0.15, 0.2) is 0 Å². The zero-order valence-corrected chi connectivity index (χ0v) is 12.6. The molecule has 1 fully saturated rings. The average Bonchev–Trinajstić information content (AvgIpc) is 2.84. The normalized spacial score (nSPS) is 17.3. The highest BCUT2D eigenvalue weighted by Gasteiger charge is 2.26. The van der Waals surface area contributed by atoms with E-state index in [1.165, 1.54) is 12.8 Å². The lowest BCUT2D eigenvalue weighted by molar-refractivity contribution is -0.146. The average molecular weight is 279 g/mol. The summed E-state index contributed by atoms with van der Waals surface area (Å²) in [5, 5.41) is 3.05. The van der Waals surface area contributed by atoms with Crippen LogP contribution >= 0.6 is 12.4 Å². The van der Waals surface area contributed by atoms with E-state index in [1.54, 1.807) is 4.90 Å². The lowest BCUT2D eigenvalue weighted by Crippen LogP contribution is -2.41. The summed E-state index contributed by atoms with van der Waals surface area (Å²) in [4.78, 5) is 13.9. The highest BCUT2D eigenvalue weighted by molar-refractivity contribution is 5.85. The van der Waals surface area contributed by atoms with Gasteiger partial charge in [-0.05, 0) is 26.3 Å². The minimum Gasteiger partial charge on any atom is -0.365 e. The first kappa shape index (κ1) is 17.7. The largest absolute Gasteiger partial charge is 0.365 e. The Hall–Kier alpha value is -0.320. The second kappa shape index (κ2) is 9.59. The number of rotatable bonds is 7. The minimum atomic E-state index is -0.250. The first-order chi connectivity index (χ1) is 8.19. The Labute approximate surface area is 117 Å². The molecule has 0 saturated heterocycles. The van der Waals surface area contributed by atoms with E-state index in [-0.39, 0.29) is 24.4 Å². The first-order valence-corrected chi connectivity index (χ1v) is 6.74. The molecule has 4 nitrogen and oxygen atoms in total. The molecule has 1 N–H and O–H groups in total. The summed E-state index contributed by atoms with van der Waals surface area (Å²) in [7, 11) is 3.74. The van der Waals surface area contributed by atoms with Crippen molar-refractivity contribution in [3.05, 3.63) is 0 Å². The molecule has 0 radical (unpaired) electrons. The van der Waals surface area contributed by atoms with Crippen molar-refractivity contribution in [2.75, 3.05) is 27.2 Å². The summed E-state index contributed by atoms with van der Waals surface area (Å²) in [6.07, 6.45) is 5.53. The Bertz CT molecular complexity index is 233. The molecular formula is C13H27ClN2O2. The smallest absolute Gasteiger partial charge is 0.251 e. The van der Waals surface area contributed by atoms with Crippen molar-refractivity contribution in [3.8, 4) is 0 Å². The molecule has 1 amide bonds. The number of hydrogen-bond donors (Lipinski definition) is 1. The third kappa shape index (κ3) is 5.55. The van der Waals surface area contributed by atoms with Gasteiger partial charge in [0.15, 0.2) is 0 Å². The van der Waals surface area contributed by atoms with Crippen LogP contribution in [0.25, 0.3) is 0 Å². The molecule has 1 aliphatic rings. The molecule has 18 heavy (non-hydrogen) atoms. The Morgan fingerprint density at radius 1 is 1.44 bits per heavy atom. The van der Waals surface area contributed by atoms with Gasteiger partial charge < -0.3 is 15.0 Å². The summed E-state index contributed by atoms with van der Waals surface area (Å²) >= 11 is 0. The number of amides is 1. The monoisotopic (exact) mass is 278 g/mol. The molecular weight excluding hydrogens is 252 g/mol. The second-order valence-corrected chi connectivity index (χ2v) is 4.80. The molecule has 0 bridgehead atoms. The van der Waals surface area contributed by atoms with Gasteiger partial charge in [-0.15, -0.1) is 12.4 Å². The van der Waals surface area contributed by atoms with Gasteiger partial charge >= 0.3 is 0 Å². The molecule has 1 unspecified atom stereocenters. The number of ether oxygens (including phenoxy) is 1. The fourth-order valence-corrected chi connectivity index (χ4v) is 2.22.